The van der Waals surface area contributed by atoms with Crippen LogP contribution in [0.2, 0.25) is 0 Å². The summed E-state index contributed by atoms with van der Waals surface area (Å²) in [7, 11) is 1.61. The lowest BCUT2D eigenvalue weighted by atomic mass is 9.88. The zero-order valence-electron chi connectivity index (χ0n) is 14.4. The molecule has 1 heterocycles. The number of nitrogens with one attached hydrogen (secondary N) is 1. The van der Waals surface area contributed by atoms with Crippen LogP contribution in [0.5, 0.6) is 5.75 Å². The zero-order chi connectivity index (χ0) is 18.4. The number of carbonyl (C=O) groups excluding carboxylic acids is 1. The molecule has 0 saturated carbocycles. The van der Waals surface area contributed by atoms with E-state index < -0.39 is 0 Å². The van der Waals surface area contributed by atoms with Crippen LogP contribution < -0.4 is 10.1 Å². The van der Waals surface area contributed by atoms with Crippen LogP contribution in [0.1, 0.15) is 29.2 Å². The van der Waals surface area contributed by atoms with Crippen molar-refractivity contribution in [2.75, 3.05) is 7.11 Å². The molecule has 0 aliphatic heterocycles. The van der Waals surface area contributed by atoms with Crippen molar-refractivity contribution >= 4 is 5.91 Å². The highest BCUT2D eigenvalue weighted by molar-refractivity contribution is 5.77. The Morgan fingerprint density at radius 1 is 1.08 bits per heavy atom. The molecule has 0 aliphatic carbocycles. The van der Waals surface area contributed by atoms with Crippen molar-refractivity contribution in [2.24, 2.45) is 0 Å². The minimum absolute atomic E-state index is 0.105. The summed E-state index contributed by atoms with van der Waals surface area (Å²) in [6.07, 6.45) is 1.82. The highest BCUT2D eigenvalue weighted by Gasteiger charge is 2.19. The van der Waals surface area contributed by atoms with E-state index in [1.54, 1.807) is 37.6 Å². The summed E-state index contributed by atoms with van der Waals surface area (Å²) < 4.78 is 23.7. The third kappa shape index (κ3) is 4.51. The quantitative estimate of drug-likeness (QED) is 0.690. The van der Waals surface area contributed by atoms with Gasteiger partial charge in [-0.05, 0) is 47.5 Å². The molecule has 1 amide bonds. The van der Waals surface area contributed by atoms with E-state index in [0.29, 0.717) is 12.3 Å². The molecule has 1 N–H and O–H groups in total. The molecule has 4 nitrogen and oxygen atoms in total. The lowest BCUT2D eigenvalue weighted by molar-refractivity contribution is -0.121. The van der Waals surface area contributed by atoms with Gasteiger partial charge in [0.2, 0.25) is 5.91 Å². The van der Waals surface area contributed by atoms with E-state index in [1.165, 1.54) is 12.1 Å². The van der Waals surface area contributed by atoms with Gasteiger partial charge >= 0.3 is 0 Å². The van der Waals surface area contributed by atoms with Crippen LogP contribution in [0, 0.1) is 5.82 Å². The van der Waals surface area contributed by atoms with Crippen molar-refractivity contribution in [3.8, 4) is 5.75 Å². The number of amides is 1. The molecule has 0 unspecified atom stereocenters. The van der Waals surface area contributed by atoms with Gasteiger partial charge in [0.15, 0.2) is 0 Å². The molecule has 0 bridgehead atoms. The first-order chi connectivity index (χ1) is 12.7. The molecular formula is C21H20FNO3. The molecule has 2 aromatic carbocycles. The van der Waals surface area contributed by atoms with E-state index in [1.807, 2.05) is 24.3 Å². The summed E-state index contributed by atoms with van der Waals surface area (Å²) in [6, 6.07) is 17.4. The van der Waals surface area contributed by atoms with Crippen LogP contribution in [0.25, 0.3) is 0 Å². The second-order valence-electron chi connectivity index (χ2n) is 5.94. The van der Waals surface area contributed by atoms with E-state index in [-0.39, 0.29) is 24.1 Å². The van der Waals surface area contributed by atoms with Crippen LogP contribution in [0.3, 0.4) is 0 Å². The molecule has 5 heteroatoms. The van der Waals surface area contributed by atoms with Gasteiger partial charge in [-0.3, -0.25) is 4.79 Å². The number of carbonyl (C=O) groups is 1. The van der Waals surface area contributed by atoms with E-state index >= 15 is 0 Å². The molecule has 0 radical (unpaired) electrons. The summed E-state index contributed by atoms with van der Waals surface area (Å²) >= 11 is 0. The lowest BCUT2D eigenvalue weighted by Gasteiger charge is -2.18. The topological polar surface area (TPSA) is 51.5 Å². The van der Waals surface area contributed by atoms with Crippen LogP contribution in [0.4, 0.5) is 4.39 Å². The monoisotopic (exact) mass is 353 g/mol. The second-order valence-corrected chi connectivity index (χ2v) is 5.94. The van der Waals surface area contributed by atoms with Gasteiger partial charge in [0, 0.05) is 12.3 Å². The number of benzene rings is 2. The number of furan rings is 1. The predicted octanol–water partition coefficient (Wildman–Crippen LogP) is 4.27. The van der Waals surface area contributed by atoms with Gasteiger partial charge in [-0.1, -0.05) is 24.3 Å². The third-order valence-electron chi connectivity index (χ3n) is 4.22. The number of ether oxygens (including phenoxy) is 1. The Morgan fingerprint density at radius 2 is 1.73 bits per heavy atom. The SMILES string of the molecule is COc1ccc([C@H](CC(=O)NCc2ccco2)c2ccc(F)cc2)cc1. The summed E-state index contributed by atoms with van der Waals surface area (Å²) in [4.78, 5) is 12.4. The first-order valence-electron chi connectivity index (χ1n) is 8.34. The Balaban J connectivity index is 1.77. The minimum Gasteiger partial charge on any atom is -0.497 e. The van der Waals surface area contributed by atoms with E-state index in [9.17, 15) is 9.18 Å². The van der Waals surface area contributed by atoms with Crippen molar-refractivity contribution in [1.82, 2.24) is 5.32 Å². The first kappa shape index (κ1) is 17.7. The van der Waals surface area contributed by atoms with Crippen LogP contribution in [-0.2, 0) is 11.3 Å². The maximum Gasteiger partial charge on any atom is 0.221 e. The standard InChI is InChI=1S/C21H20FNO3/c1-25-18-10-6-16(7-11-18)20(15-4-8-17(22)9-5-15)13-21(24)23-14-19-3-2-12-26-19/h2-12,20H,13-14H2,1H3,(H,23,24)/t20-/m1/s1. The molecule has 26 heavy (non-hydrogen) atoms. The first-order valence-corrected chi connectivity index (χ1v) is 8.34. The average molecular weight is 353 g/mol. The van der Waals surface area contributed by atoms with Gasteiger partial charge in [-0.25, -0.2) is 4.39 Å². The molecule has 0 aliphatic rings. The van der Waals surface area contributed by atoms with Gasteiger partial charge in [0.05, 0.1) is 19.9 Å². The summed E-state index contributed by atoms with van der Waals surface area (Å²) in [5.41, 5.74) is 1.84. The maximum atomic E-state index is 13.3. The fourth-order valence-corrected chi connectivity index (χ4v) is 2.82. The lowest BCUT2D eigenvalue weighted by Crippen LogP contribution is -2.24. The maximum absolute atomic E-state index is 13.3. The minimum atomic E-state index is -0.301. The van der Waals surface area contributed by atoms with Crippen LogP contribution in [0.15, 0.2) is 71.3 Å². The second kappa shape index (κ2) is 8.34. The Kier molecular flexibility index (Phi) is 5.69. The summed E-state index contributed by atoms with van der Waals surface area (Å²) in [5, 5.41) is 2.86. The summed E-state index contributed by atoms with van der Waals surface area (Å²) in [5.74, 6) is 0.851. The smallest absolute Gasteiger partial charge is 0.221 e. The zero-order valence-corrected chi connectivity index (χ0v) is 14.4. The Bertz CT molecular complexity index is 827. The molecule has 1 aromatic heterocycles. The highest BCUT2D eigenvalue weighted by atomic mass is 19.1. The molecule has 0 saturated heterocycles. The van der Waals surface area contributed by atoms with E-state index in [2.05, 4.69) is 5.32 Å². The van der Waals surface area contributed by atoms with Crippen LogP contribution in [-0.4, -0.2) is 13.0 Å². The normalized spacial score (nSPS) is 11.8. The van der Waals surface area contributed by atoms with Crippen molar-refractivity contribution in [2.45, 2.75) is 18.9 Å². The number of methoxy groups -OCH3 is 1. The molecule has 134 valence electrons. The third-order valence-corrected chi connectivity index (χ3v) is 4.22. The van der Waals surface area contributed by atoms with Gasteiger partial charge in [-0.15, -0.1) is 0 Å². The van der Waals surface area contributed by atoms with Gasteiger partial charge in [0.1, 0.15) is 17.3 Å². The van der Waals surface area contributed by atoms with E-state index in [0.717, 1.165) is 16.9 Å². The number of hydrogen-bond donors (Lipinski definition) is 1. The van der Waals surface area contributed by atoms with Gasteiger partial charge < -0.3 is 14.5 Å². The Labute approximate surface area is 151 Å². The van der Waals surface area contributed by atoms with Crippen molar-refractivity contribution in [1.29, 1.82) is 0 Å². The van der Waals surface area contributed by atoms with Gasteiger partial charge in [-0.2, -0.15) is 0 Å². The fourth-order valence-electron chi connectivity index (χ4n) is 2.82. The average Bonchev–Trinajstić information content (AvgIpc) is 3.19. The van der Waals surface area contributed by atoms with Crippen LogP contribution >= 0.6 is 0 Å². The predicted molar refractivity (Wildman–Crippen MR) is 96.4 cm³/mol. The highest BCUT2D eigenvalue weighted by Crippen LogP contribution is 2.29. The number of hydrogen-bond acceptors (Lipinski definition) is 3. The Morgan fingerprint density at radius 3 is 2.31 bits per heavy atom. The molecular weight excluding hydrogens is 333 g/mol. The van der Waals surface area contributed by atoms with E-state index in [4.69, 9.17) is 9.15 Å². The fraction of sp³-hybridized carbons (Fsp3) is 0.190. The molecule has 3 aromatic rings. The molecule has 0 fully saturated rings. The van der Waals surface area contributed by atoms with Gasteiger partial charge in [0.25, 0.3) is 0 Å². The summed E-state index contributed by atoms with van der Waals surface area (Å²) in [6.45, 7) is 0.338. The molecule has 3 rings (SSSR count). The van der Waals surface area contributed by atoms with Crippen molar-refractivity contribution in [3.63, 3.8) is 0 Å². The Hall–Kier alpha value is -3.08. The van der Waals surface area contributed by atoms with Crippen molar-refractivity contribution in [3.05, 3.63) is 89.6 Å². The van der Waals surface area contributed by atoms with Crippen molar-refractivity contribution < 1.29 is 18.3 Å². The molecule has 1 atom stereocenters. The number of rotatable bonds is 7. The largest absolute Gasteiger partial charge is 0.497 e. The number of halogens is 1. The molecule has 0 spiro atoms.